The fourth-order valence-corrected chi connectivity index (χ4v) is 4.88. The summed E-state index contributed by atoms with van der Waals surface area (Å²) in [4.78, 5) is 28.2. The molecule has 4 rings (SSSR count). The highest BCUT2D eigenvalue weighted by molar-refractivity contribution is 5.96. The quantitative estimate of drug-likeness (QED) is 0.572. The Balaban J connectivity index is 1.71. The predicted molar refractivity (Wildman–Crippen MR) is 120 cm³/mol. The molecule has 4 atom stereocenters. The Labute approximate surface area is 189 Å². The summed E-state index contributed by atoms with van der Waals surface area (Å²) in [7, 11) is 0. The number of aliphatic hydroxyl groups is 2. The van der Waals surface area contributed by atoms with Crippen LogP contribution in [0.3, 0.4) is 0 Å². The Hall–Kier alpha value is -2.38. The first kappa shape index (κ1) is 22.8. The number of para-hydroxylation sites is 1. The maximum Gasteiger partial charge on any atom is 0.247 e. The lowest BCUT2D eigenvalue weighted by atomic mass is 9.76. The lowest BCUT2D eigenvalue weighted by molar-refractivity contribution is -0.144. The maximum atomic E-state index is 13.4. The average molecular weight is 443 g/mol. The zero-order valence-corrected chi connectivity index (χ0v) is 18.9. The van der Waals surface area contributed by atoms with E-state index in [1.165, 1.54) is 0 Å². The molecule has 3 N–H and O–H groups in total. The molecule has 0 aromatic heterocycles. The fourth-order valence-electron chi connectivity index (χ4n) is 4.88. The lowest BCUT2D eigenvalue weighted by Crippen LogP contribution is -2.57. The van der Waals surface area contributed by atoms with Crippen molar-refractivity contribution in [2.45, 2.75) is 63.7 Å². The van der Waals surface area contributed by atoms with Crippen molar-refractivity contribution in [2.24, 2.45) is 11.8 Å². The van der Waals surface area contributed by atoms with E-state index in [1.807, 2.05) is 24.3 Å². The number of aliphatic hydroxyl groups excluding tert-OH is 2. The van der Waals surface area contributed by atoms with E-state index < -0.39 is 24.2 Å². The van der Waals surface area contributed by atoms with Crippen molar-refractivity contribution in [3.05, 3.63) is 41.5 Å². The van der Waals surface area contributed by atoms with Gasteiger partial charge in [-0.15, -0.1) is 0 Å². The van der Waals surface area contributed by atoms with Gasteiger partial charge in [0, 0.05) is 30.1 Å². The second-order valence-electron chi connectivity index (χ2n) is 9.52. The van der Waals surface area contributed by atoms with Gasteiger partial charge >= 0.3 is 0 Å². The molecule has 1 heterocycles. The molecule has 1 saturated carbocycles. The van der Waals surface area contributed by atoms with Gasteiger partial charge in [0.25, 0.3) is 0 Å². The van der Waals surface area contributed by atoms with Gasteiger partial charge in [0.05, 0.1) is 18.6 Å². The van der Waals surface area contributed by atoms with Crippen molar-refractivity contribution in [1.29, 1.82) is 0 Å². The van der Waals surface area contributed by atoms with E-state index in [9.17, 15) is 19.8 Å². The number of carbonyl (C=O) groups excluding carboxylic acids is 2. The van der Waals surface area contributed by atoms with E-state index in [4.69, 9.17) is 4.74 Å². The summed E-state index contributed by atoms with van der Waals surface area (Å²) in [6, 6.07) is 6.88. The molecule has 7 nitrogen and oxygen atoms in total. The van der Waals surface area contributed by atoms with Crippen LogP contribution in [0.5, 0.6) is 5.75 Å². The molecule has 3 aliphatic rings. The standard InChI is InChI=1S/C25H34N2O5/c1-15(2)10-12-27(25(31)16-6-5-7-16)19-14-18(24(30)26-11-13-28)21-17-8-3-4-9-20(17)32-23(21)22(19)29/h3-4,8-9,14-16,19,21-23,28-29H,5-7,10-13H2,1-2H3,(H,26,30)/t19-,21+,22+,23+/m1/s1. The van der Waals surface area contributed by atoms with Gasteiger partial charge in [-0.05, 0) is 37.3 Å². The predicted octanol–water partition coefficient (Wildman–Crippen LogP) is 1.98. The van der Waals surface area contributed by atoms with Crippen molar-refractivity contribution in [2.75, 3.05) is 19.7 Å². The zero-order valence-electron chi connectivity index (χ0n) is 18.9. The van der Waals surface area contributed by atoms with Crippen LogP contribution in [0.4, 0.5) is 0 Å². The Morgan fingerprint density at radius 2 is 2.00 bits per heavy atom. The molecule has 1 aliphatic heterocycles. The zero-order chi connectivity index (χ0) is 22.8. The number of fused-ring (bicyclic) bond motifs is 3. The van der Waals surface area contributed by atoms with E-state index in [0.29, 0.717) is 23.8 Å². The smallest absolute Gasteiger partial charge is 0.247 e. The normalized spacial score (nSPS) is 26.5. The summed E-state index contributed by atoms with van der Waals surface area (Å²) >= 11 is 0. The van der Waals surface area contributed by atoms with Crippen molar-refractivity contribution in [3.8, 4) is 5.75 Å². The lowest BCUT2D eigenvalue weighted by Gasteiger charge is -2.43. The van der Waals surface area contributed by atoms with Crippen LogP contribution >= 0.6 is 0 Å². The van der Waals surface area contributed by atoms with E-state index in [1.54, 1.807) is 11.0 Å². The minimum atomic E-state index is -0.946. The molecule has 2 aliphatic carbocycles. The van der Waals surface area contributed by atoms with Crippen LogP contribution in [-0.4, -0.2) is 64.9 Å². The third-order valence-electron chi connectivity index (χ3n) is 6.92. The third-order valence-corrected chi connectivity index (χ3v) is 6.92. The second kappa shape index (κ2) is 9.63. The Morgan fingerprint density at radius 1 is 1.25 bits per heavy atom. The van der Waals surface area contributed by atoms with Crippen molar-refractivity contribution < 1.29 is 24.5 Å². The molecule has 2 amide bonds. The van der Waals surface area contributed by atoms with Gasteiger partial charge in [-0.25, -0.2) is 0 Å². The number of amides is 2. The molecule has 1 fully saturated rings. The number of nitrogens with zero attached hydrogens (tertiary/aromatic N) is 1. The third kappa shape index (κ3) is 4.28. The van der Waals surface area contributed by atoms with Gasteiger partial charge in [0.2, 0.25) is 11.8 Å². The van der Waals surface area contributed by atoms with Crippen LogP contribution in [0.15, 0.2) is 35.9 Å². The van der Waals surface area contributed by atoms with Crippen LogP contribution in [0.2, 0.25) is 0 Å². The van der Waals surface area contributed by atoms with E-state index in [2.05, 4.69) is 19.2 Å². The highest BCUT2D eigenvalue weighted by Crippen LogP contribution is 2.47. The van der Waals surface area contributed by atoms with E-state index >= 15 is 0 Å². The van der Waals surface area contributed by atoms with Gasteiger partial charge in [-0.2, -0.15) is 0 Å². The first-order chi connectivity index (χ1) is 15.4. The molecule has 32 heavy (non-hydrogen) atoms. The number of ether oxygens (including phenoxy) is 1. The van der Waals surface area contributed by atoms with E-state index in [0.717, 1.165) is 31.2 Å². The van der Waals surface area contributed by atoms with Crippen LogP contribution in [-0.2, 0) is 9.59 Å². The summed E-state index contributed by atoms with van der Waals surface area (Å²) in [6.45, 7) is 4.73. The van der Waals surface area contributed by atoms with Crippen molar-refractivity contribution >= 4 is 11.8 Å². The number of carbonyl (C=O) groups is 2. The monoisotopic (exact) mass is 442 g/mol. The van der Waals surface area contributed by atoms with E-state index in [-0.39, 0.29) is 30.9 Å². The number of nitrogens with one attached hydrogen (secondary N) is 1. The minimum absolute atomic E-state index is 0.00570. The van der Waals surface area contributed by atoms with Crippen LogP contribution in [0.25, 0.3) is 0 Å². The molecular weight excluding hydrogens is 408 g/mol. The first-order valence-electron chi connectivity index (χ1n) is 11.8. The maximum absolute atomic E-state index is 13.4. The van der Waals surface area contributed by atoms with Crippen LogP contribution in [0.1, 0.15) is 51.0 Å². The molecule has 7 heteroatoms. The Morgan fingerprint density at radius 3 is 2.66 bits per heavy atom. The average Bonchev–Trinajstić information content (AvgIpc) is 3.12. The highest BCUT2D eigenvalue weighted by Gasteiger charge is 2.50. The number of benzene rings is 1. The second-order valence-corrected chi connectivity index (χ2v) is 9.52. The van der Waals surface area contributed by atoms with Crippen molar-refractivity contribution in [1.82, 2.24) is 10.2 Å². The fraction of sp³-hybridized carbons (Fsp3) is 0.600. The van der Waals surface area contributed by atoms with Gasteiger partial charge in [-0.3, -0.25) is 9.59 Å². The Bertz CT molecular complexity index is 879. The van der Waals surface area contributed by atoms with Gasteiger partial charge < -0.3 is 25.2 Å². The number of rotatable bonds is 8. The van der Waals surface area contributed by atoms with Crippen molar-refractivity contribution in [3.63, 3.8) is 0 Å². The topological polar surface area (TPSA) is 99.1 Å². The van der Waals surface area contributed by atoms with Gasteiger partial charge in [0.1, 0.15) is 18.0 Å². The summed E-state index contributed by atoms with van der Waals surface area (Å²) in [5.41, 5.74) is 1.35. The molecule has 1 aromatic carbocycles. The summed E-state index contributed by atoms with van der Waals surface area (Å²) < 4.78 is 6.14. The molecule has 0 unspecified atom stereocenters. The molecule has 1 aromatic rings. The summed E-state index contributed by atoms with van der Waals surface area (Å²) in [5.74, 6) is 0.397. The molecular formula is C25H34N2O5. The Kier molecular flexibility index (Phi) is 6.86. The molecule has 0 spiro atoms. The SMILES string of the molecule is CC(C)CCN(C(=O)C1CCC1)[C@@H]1C=C(C(=O)NCCO)[C@@H]2c3ccccc3O[C@@H]2[C@H]1O. The van der Waals surface area contributed by atoms with Crippen LogP contribution < -0.4 is 10.1 Å². The van der Waals surface area contributed by atoms with Gasteiger partial charge in [0.15, 0.2) is 0 Å². The van der Waals surface area contributed by atoms with Gasteiger partial charge in [-0.1, -0.05) is 38.5 Å². The molecule has 0 radical (unpaired) electrons. The first-order valence-corrected chi connectivity index (χ1v) is 11.8. The minimum Gasteiger partial charge on any atom is -0.486 e. The summed E-state index contributed by atoms with van der Waals surface area (Å²) in [5, 5.41) is 23.3. The summed E-state index contributed by atoms with van der Waals surface area (Å²) in [6.07, 6.45) is 3.79. The molecule has 0 saturated heterocycles. The number of hydrogen-bond acceptors (Lipinski definition) is 5. The molecule has 174 valence electrons. The number of hydrogen-bond donors (Lipinski definition) is 3. The largest absolute Gasteiger partial charge is 0.486 e. The highest BCUT2D eigenvalue weighted by atomic mass is 16.5. The van der Waals surface area contributed by atoms with Crippen LogP contribution in [0, 0.1) is 11.8 Å². The molecule has 0 bridgehead atoms.